The highest BCUT2D eigenvalue weighted by Gasteiger charge is 2.48. The Morgan fingerprint density at radius 3 is 2.59 bits per heavy atom. The molecule has 0 radical (unpaired) electrons. The van der Waals surface area contributed by atoms with Gasteiger partial charge in [0.05, 0.1) is 19.5 Å². The molecule has 1 unspecified atom stereocenters. The number of aromatic nitrogens is 4. The minimum Gasteiger partial charge on any atom is -0.446 e. The summed E-state index contributed by atoms with van der Waals surface area (Å²) in [7, 11) is 0. The highest BCUT2D eigenvalue weighted by Crippen LogP contribution is 2.33. The molecule has 1 aliphatic carbocycles. The number of carbonyl (C=O) groups excluding carboxylic acids is 2. The van der Waals surface area contributed by atoms with Gasteiger partial charge in [0, 0.05) is 38.4 Å². The summed E-state index contributed by atoms with van der Waals surface area (Å²) in [5.74, 6) is 6.26. The lowest BCUT2D eigenvalue weighted by Crippen LogP contribution is -2.43. The number of nitrogen functional groups attached to an aromatic ring is 1. The maximum absolute atomic E-state index is 12.5. The van der Waals surface area contributed by atoms with Gasteiger partial charge in [0.25, 0.3) is 5.91 Å². The molecule has 5 heterocycles. The fourth-order valence-corrected chi connectivity index (χ4v) is 5.40. The van der Waals surface area contributed by atoms with Crippen LogP contribution in [0.3, 0.4) is 0 Å². The summed E-state index contributed by atoms with van der Waals surface area (Å²) in [4.78, 5) is 39.7. The van der Waals surface area contributed by atoms with Crippen molar-refractivity contribution < 1.29 is 34.0 Å². The summed E-state index contributed by atoms with van der Waals surface area (Å²) in [6, 6.07) is 0.0865. The highest BCUT2D eigenvalue weighted by atomic mass is 16.6. The van der Waals surface area contributed by atoms with Crippen LogP contribution in [0.1, 0.15) is 57.0 Å². The summed E-state index contributed by atoms with van der Waals surface area (Å²) in [6.45, 7) is 2.50. The molecule has 220 valence electrons. The van der Waals surface area contributed by atoms with Gasteiger partial charge in [0.1, 0.15) is 23.8 Å². The first-order chi connectivity index (χ1) is 19.9. The van der Waals surface area contributed by atoms with Gasteiger partial charge in [-0.25, -0.2) is 19.7 Å². The van der Waals surface area contributed by atoms with E-state index in [0.29, 0.717) is 44.2 Å². The Labute approximate surface area is 236 Å². The molecule has 6 rings (SSSR count). The van der Waals surface area contributed by atoms with E-state index in [2.05, 4.69) is 32.1 Å². The van der Waals surface area contributed by atoms with E-state index >= 15 is 0 Å². The van der Waals surface area contributed by atoms with Gasteiger partial charge >= 0.3 is 6.09 Å². The fourth-order valence-electron chi connectivity index (χ4n) is 5.40. The lowest BCUT2D eigenvalue weighted by molar-refractivity contribution is -0.137. The number of amides is 2. The number of fused-ring (bicyclic) bond motifs is 1. The number of rotatable bonds is 5. The molecule has 0 spiro atoms. The number of ether oxygens (including phenoxy) is 3. The molecule has 2 amide bonds. The average Bonchev–Trinajstić information content (AvgIpc) is 3.61. The molecule has 4 aliphatic rings. The number of likely N-dealkylation sites (tertiary alicyclic amines) is 1. The molecular formula is C27H35N7O7. The van der Waals surface area contributed by atoms with Crippen LogP contribution in [0.4, 0.5) is 10.6 Å². The second kappa shape index (κ2) is 11.8. The van der Waals surface area contributed by atoms with Crippen molar-refractivity contribution in [2.24, 2.45) is 5.92 Å². The van der Waals surface area contributed by atoms with Crippen molar-refractivity contribution >= 4 is 29.0 Å². The van der Waals surface area contributed by atoms with E-state index in [1.54, 1.807) is 4.90 Å². The van der Waals surface area contributed by atoms with Gasteiger partial charge in [0.2, 0.25) is 5.82 Å². The van der Waals surface area contributed by atoms with E-state index in [-0.39, 0.29) is 35.5 Å². The lowest BCUT2D eigenvalue weighted by Gasteiger charge is -2.32. The van der Waals surface area contributed by atoms with Gasteiger partial charge < -0.3 is 40.4 Å². The SMILES string of the molecule is Nc1nc(C#CCC2CCN(C(=O)OC3CCOCC3)CC2)nc2c1ncn2[C@@H]1O[C@H](C(=O)NC2CC2)[C@H](O)C1O. The van der Waals surface area contributed by atoms with Gasteiger partial charge in [-0.05, 0) is 37.5 Å². The molecule has 14 heteroatoms. The van der Waals surface area contributed by atoms with Crippen LogP contribution in [0, 0.1) is 17.8 Å². The second-order valence-corrected chi connectivity index (χ2v) is 11.1. The third-order valence-electron chi connectivity index (χ3n) is 8.04. The molecule has 3 aliphatic heterocycles. The Morgan fingerprint density at radius 1 is 1.10 bits per heavy atom. The van der Waals surface area contributed by atoms with Crippen molar-refractivity contribution in [1.82, 2.24) is 29.7 Å². The lowest BCUT2D eigenvalue weighted by atomic mass is 9.94. The zero-order chi connectivity index (χ0) is 28.5. The van der Waals surface area contributed by atoms with Gasteiger partial charge in [-0.2, -0.15) is 0 Å². The molecule has 2 aromatic heterocycles. The minimum absolute atomic E-state index is 0.0669. The van der Waals surface area contributed by atoms with Crippen LogP contribution >= 0.6 is 0 Å². The summed E-state index contributed by atoms with van der Waals surface area (Å²) in [6.07, 6.45) is 1.46. The molecule has 4 fully saturated rings. The van der Waals surface area contributed by atoms with Crippen molar-refractivity contribution in [2.45, 2.75) is 81.6 Å². The first kappa shape index (κ1) is 27.6. The van der Waals surface area contributed by atoms with E-state index in [1.807, 2.05) is 0 Å². The normalized spacial score (nSPS) is 27.4. The molecule has 1 saturated carbocycles. The van der Waals surface area contributed by atoms with E-state index in [9.17, 15) is 19.8 Å². The number of aliphatic hydroxyl groups excluding tert-OH is 2. The van der Waals surface area contributed by atoms with Gasteiger partial charge in [-0.15, -0.1) is 0 Å². The first-order valence-electron chi connectivity index (χ1n) is 14.2. The van der Waals surface area contributed by atoms with Crippen LogP contribution in [0.15, 0.2) is 6.33 Å². The quantitative estimate of drug-likeness (QED) is 0.357. The van der Waals surface area contributed by atoms with Crippen LogP contribution in [0.25, 0.3) is 11.2 Å². The number of anilines is 1. The molecule has 14 nitrogen and oxygen atoms in total. The number of imidazole rings is 1. The monoisotopic (exact) mass is 569 g/mol. The van der Waals surface area contributed by atoms with Crippen LogP contribution in [-0.4, -0.2) is 103 Å². The molecule has 5 N–H and O–H groups in total. The number of carbonyl (C=O) groups is 2. The highest BCUT2D eigenvalue weighted by molar-refractivity contribution is 5.83. The summed E-state index contributed by atoms with van der Waals surface area (Å²) < 4.78 is 18.1. The van der Waals surface area contributed by atoms with Crippen LogP contribution in [0.5, 0.6) is 0 Å². The second-order valence-electron chi connectivity index (χ2n) is 11.1. The number of nitrogens with zero attached hydrogens (tertiary/aromatic N) is 5. The third-order valence-corrected chi connectivity index (χ3v) is 8.04. The predicted molar refractivity (Wildman–Crippen MR) is 143 cm³/mol. The predicted octanol–water partition coefficient (Wildman–Crippen LogP) is 0.0755. The number of nitrogens with one attached hydrogen (secondary N) is 1. The average molecular weight is 570 g/mol. The van der Waals surface area contributed by atoms with Gasteiger partial charge in [0.15, 0.2) is 23.8 Å². The molecule has 3 saturated heterocycles. The van der Waals surface area contributed by atoms with E-state index in [4.69, 9.17) is 19.9 Å². The molecule has 0 aromatic carbocycles. The van der Waals surface area contributed by atoms with E-state index < -0.39 is 30.4 Å². The van der Waals surface area contributed by atoms with Crippen molar-refractivity contribution in [2.75, 3.05) is 32.0 Å². The summed E-state index contributed by atoms with van der Waals surface area (Å²) >= 11 is 0. The maximum atomic E-state index is 12.5. The molecule has 2 aromatic rings. The molecule has 0 bridgehead atoms. The van der Waals surface area contributed by atoms with Crippen molar-refractivity contribution in [3.05, 3.63) is 12.2 Å². The third kappa shape index (κ3) is 6.08. The topological polar surface area (TPSA) is 187 Å². The number of aliphatic hydroxyl groups is 2. The van der Waals surface area contributed by atoms with Crippen LogP contribution in [0.2, 0.25) is 0 Å². The van der Waals surface area contributed by atoms with Crippen LogP contribution < -0.4 is 11.1 Å². The molecule has 4 atom stereocenters. The Kier molecular flexibility index (Phi) is 7.94. The smallest absolute Gasteiger partial charge is 0.410 e. The number of piperidine rings is 1. The Bertz CT molecular complexity index is 1340. The number of hydrogen-bond donors (Lipinski definition) is 4. The van der Waals surface area contributed by atoms with E-state index in [1.165, 1.54) is 10.9 Å². The van der Waals surface area contributed by atoms with Gasteiger partial charge in [-0.3, -0.25) is 9.36 Å². The van der Waals surface area contributed by atoms with Gasteiger partial charge in [-0.1, -0.05) is 5.92 Å². The summed E-state index contributed by atoms with van der Waals surface area (Å²) in [5.41, 5.74) is 6.70. The molecular weight excluding hydrogens is 534 g/mol. The number of nitrogens with two attached hydrogens (primary N) is 1. The maximum Gasteiger partial charge on any atom is 0.410 e. The Morgan fingerprint density at radius 2 is 1.85 bits per heavy atom. The number of hydrogen-bond acceptors (Lipinski definition) is 11. The van der Waals surface area contributed by atoms with Crippen molar-refractivity contribution in [3.63, 3.8) is 0 Å². The van der Waals surface area contributed by atoms with Crippen molar-refractivity contribution in [3.8, 4) is 11.8 Å². The molecule has 41 heavy (non-hydrogen) atoms. The van der Waals surface area contributed by atoms with Crippen molar-refractivity contribution in [1.29, 1.82) is 0 Å². The largest absolute Gasteiger partial charge is 0.446 e. The Hall–Kier alpha value is -3.51. The van der Waals surface area contributed by atoms with E-state index in [0.717, 1.165) is 38.5 Å². The standard InChI is InChI=1S/C27H35N7O7/c28-23-19-24(34(14-29-19)26-21(36)20(35)22(41-26)25(37)30-16-4-5-16)32-18(31-23)3-1-2-15-6-10-33(11-7-15)27(38)40-17-8-12-39-13-9-17/h14-17,20-22,26,35-36H,2,4-13H2,(H,30,37)(H2,28,31,32)/t20-,21?,22+,26-/m1/s1. The Balaban J connectivity index is 1.07. The zero-order valence-corrected chi connectivity index (χ0v) is 22.6. The minimum atomic E-state index is -1.41. The fraction of sp³-hybridized carbons (Fsp3) is 0.667. The van der Waals surface area contributed by atoms with Crippen LogP contribution in [-0.2, 0) is 19.0 Å². The first-order valence-corrected chi connectivity index (χ1v) is 14.2. The summed E-state index contributed by atoms with van der Waals surface area (Å²) in [5, 5.41) is 24.0. The zero-order valence-electron chi connectivity index (χ0n) is 22.6.